The standard InChI is InChI=1S/C15H14Cl3NO/c1-20-15-4-2-3-14(18)12(15)9-19-8-10-7-11(16)5-6-13(10)17/h2-7,19H,8-9H2,1H3. The van der Waals surface area contributed by atoms with E-state index in [4.69, 9.17) is 39.5 Å². The quantitative estimate of drug-likeness (QED) is 0.838. The van der Waals surface area contributed by atoms with Gasteiger partial charge in [-0.05, 0) is 35.9 Å². The van der Waals surface area contributed by atoms with E-state index in [0.29, 0.717) is 28.2 Å². The summed E-state index contributed by atoms with van der Waals surface area (Å²) >= 11 is 18.3. The summed E-state index contributed by atoms with van der Waals surface area (Å²) in [6.45, 7) is 1.19. The van der Waals surface area contributed by atoms with Crippen LogP contribution in [0.25, 0.3) is 0 Å². The van der Waals surface area contributed by atoms with E-state index in [9.17, 15) is 0 Å². The van der Waals surface area contributed by atoms with Gasteiger partial charge < -0.3 is 10.1 Å². The van der Waals surface area contributed by atoms with E-state index < -0.39 is 0 Å². The molecule has 0 aromatic heterocycles. The number of rotatable bonds is 5. The summed E-state index contributed by atoms with van der Waals surface area (Å²) in [6, 6.07) is 11.0. The first-order valence-corrected chi connectivity index (χ1v) is 7.21. The largest absolute Gasteiger partial charge is 0.496 e. The van der Waals surface area contributed by atoms with Gasteiger partial charge in [0.15, 0.2) is 0 Å². The van der Waals surface area contributed by atoms with Crippen LogP contribution < -0.4 is 10.1 Å². The van der Waals surface area contributed by atoms with Crippen molar-refractivity contribution >= 4 is 34.8 Å². The van der Waals surface area contributed by atoms with Gasteiger partial charge in [0, 0.05) is 33.7 Å². The van der Waals surface area contributed by atoms with Crippen molar-refractivity contribution < 1.29 is 4.74 Å². The van der Waals surface area contributed by atoms with Gasteiger partial charge in [-0.15, -0.1) is 0 Å². The van der Waals surface area contributed by atoms with Gasteiger partial charge in [-0.1, -0.05) is 40.9 Å². The molecule has 0 fully saturated rings. The van der Waals surface area contributed by atoms with Crippen LogP contribution in [0.1, 0.15) is 11.1 Å². The number of hydrogen-bond acceptors (Lipinski definition) is 2. The lowest BCUT2D eigenvalue weighted by atomic mass is 10.2. The molecule has 0 unspecified atom stereocenters. The smallest absolute Gasteiger partial charge is 0.124 e. The highest BCUT2D eigenvalue weighted by Crippen LogP contribution is 2.26. The molecule has 0 atom stereocenters. The van der Waals surface area contributed by atoms with Gasteiger partial charge in [0.2, 0.25) is 0 Å². The Kier molecular flexibility index (Phi) is 5.55. The zero-order valence-corrected chi connectivity index (χ0v) is 13.2. The molecule has 5 heteroatoms. The average molecular weight is 331 g/mol. The first-order valence-electron chi connectivity index (χ1n) is 6.08. The highest BCUT2D eigenvalue weighted by molar-refractivity contribution is 6.33. The number of ether oxygens (including phenoxy) is 1. The van der Waals surface area contributed by atoms with Crippen molar-refractivity contribution in [3.8, 4) is 5.75 Å². The summed E-state index contributed by atoms with van der Waals surface area (Å²) in [4.78, 5) is 0. The molecule has 106 valence electrons. The first-order chi connectivity index (χ1) is 9.61. The minimum atomic E-state index is 0.589. The molecule has 0 saturated heterocycles. The van der Waals surface area contributed by atoms with Gasteiger partial charge >= 0.3 is 0 Å². The normalized spacial score (nSPS) is 10.6. The molecule has 0 saturated carbocycles. The number of nitrogens with one attached hydrogen (secondary N) is 1. The van der Waals surface area contributed by atoms with E-state index in [-0.39, 0.29) is 0 Å². The van der Waals surface area contributed by atoms with Crippen molar-refractivity contribution in [2.24, 2.45) is 0 Å². The highest BCUT2D eigenvalue weighted by Gasteiger charge is 2.08. The zero-order chi connectivity index (χ0) is 14.5. The fourth-order valence-corrected chi connectivity index (χ4v) is 2.51. The van der Waals surface area contributed by atoms with Gasteiger partial charge in [-0.3, -0.25) is 0 Å². The minimum absolute atomic E-state index is 0.589. The number of methoxy groups -OCH3 is 1. The van der Waals surface area contributed by atoms with Crippen LogP contribution in [0.5, 0.6) is 5.75 Å². The maximum absolute atomic E-state index is 6.18. The van der Waals surface area contributed by atoms with Crippen LogP contribution in [-0.4, -0.2) is 7.11 Å². The van der Waals surface area contributed by atoms with E-state index in [0.717, 1.165) is 16.9 Å². The predicted octanol–water partition coefficient (Wildman–Crippen LogP) is 4.95. The molecular weight excluding hydrogens is 317 g/mol. The third-order valence-electron chi connectivity index (χ3n) is 2.92. The molecular formula is C15H14Cl3NO. The van der Waals surface area contributed by atoms with Crippen LogP contribution in [0.2, 0.25) is 15.1 Å². The van der Waals surface area contributed by atoms with Gasteiger partial charge in [0.05, 0.1) is 7.11 Å². The fourth-order valence-electron chi connectivity index (χ4n) is 1.90. The second-order valence-electron chi connectivity index (χ2n) is 4.26. The summed E-state index contributed by atoms with van der Waals surface area (Å²) in [7, 11) is 1.63. The Morgan fingerprint density at radius 2 is 1.80 bits per heavy atom. The number of halogens is 3. The summed E-state index contributed by atoms with van der Waals surface area (Å²) in [5, 5.41) is 5.33. The molecule has 20 heavy (non-hydrogen) atoms. The van der Waals surface area contributed by atoms with E-state index in [1.54, 1.807) is 19.2 Å². The molecule has 0 aliphatic carbocycles. The summed E-state index contributed by atoms with van der Waals surface area (Å²) in [5.74, 6) is 0.766. The van der Waals surface area contributed by atoms with Gasteiger partial charge in [-0.2, -0.15) is 0 Å². The molecule has 1 N–H and O–H groups in total. The second kappa shape index (κ2) is 7.19. The monoisotopic (exact) mass is 329 g/mol. The van der Waals surface area contributed by atoms with Gasteiger partial charge in [0.25, 0.3) is 0 Å². The van der Waals surface area contributed by atoms with Crippen LogP contribution in [-0.2, 0) is 13.1 Å². The molecule has 2 aromatic carbocycles. The molecule has 0 aliphatic rings. The predicted molar refractivity (Wildman–Crippen MR) is 85.0 cm³/mol. The SMILES string of the molecule is COc1cccc(Cl)c1CNCc1cc(Cl)ccc1Cl. The van der Waals surface area contributed by atoms with Crippen LogP contribution in [0.15, 0.2) is 36.4 Å². The number of benzene rings is 2. The lowest BCUT2D eigenvalue weighted by Gasteiger charge is -2.12. The Morgan fingerprint density at radius 1 is 1.00 bits per heavy atom. The second-order valence-corrected chi connectivity index (χ2v) is 5.51. The Bertz CT molecular complexity index is 602. The van der Waals surface area contributed by atoms with Crippen LogP contribution in [0, 0.1) is 0 Å². The maximum Gasteiger partial charge on any atom is 0.124 e. The molecule has 0 spiro atoms. The van der Waals surface area contributed by atoms with Gasteiger partial charge in [0.1, 0.15) is 5.75 Å². The molecule has 2 aromatic rings. The van der Waals surface area contributed by atoms with Crippen molar-refractivity contribution in [3.63, 3.8) is 0 Å². The Balaban J connectivity index is 2.05. The topological polar surface area (TPSA) is 21.3 Å². The molecule has 0 aliphatic heterocycles. The number of hydrogen-bond donors (Lipinski definition) is 1. The Hall–Kier alpha value is -0.930. The van der Waals surface area contributed by atoms with E-state index in [1.165, 1.54) is 0 Å². The fraction of sp³-hybridized carbons (Fsp3) is 0.200. The van der Waals surface area contributed by atoms with Crippen molar-refractivity contribution in [2.45, 2.75) is 13.1 Å². The third kappa shape index (κ3) is 3.80. The van der Waals surface area contributed by atoms with Gasteiger partial charge in [-0.25, -0.2) is 0 Å². The highest BCUT2D eigenvalue weighted by atomic mass is 35.5. The van der Waals surface area contributed by atoms with E-state index >= 15 is 0 Å². The molecule has 0 bridgehead atoms. The molecule has 0 amide bonds. The summed E-state index contributed by atoms with van der Waals surface area (Å²) in [5.41, 5.74) is 1.88. The summed E-state index contributed by atoms with van der Waals surface area (Å²) < 4.78 is 5.30. The van der Waals surface area contributed by atoms with Crippen LogP contribution in [0.4, 0.5) is 0 Å². The van der Waals surface area contributed by atoms with Crippen molar-refractivity contribution in [1.82, 2.24) is 5.32 Å². The van der Waals surface area contributed by atoms with Crippen molar-refractivity contribution in [1.29, 1.82) is 0 Å². The first kappa shape index (κ1) is 15.5. The lowest BCUT2D eigenvalue weighted by Crippen LogP contribution is -2.14. The third-order valence-corrected chi connectivity index (χ3v) is 3.88. The molecule has 0 heterocycles. The average Bonchev–Trinajstić information content (AvgIpc) is 2.44. The minimum Gasteiger partial charge on any atom is -0.496 e. The van der Waals surface area contributed by atoms with E-state index in [1.807, 2.05) is 24.3 Å². The van der Waals surface area contributed by atoms with Crippen LogP contribution >= 0.6 is 34.8 Å². The lowest BCUT2D eigenvalue weighted by molar-refractivity contribution is 0.407. The Morgan fingerprint density at radius 3 is 2.55 bits per heavy atom. The Labute approximate surface area is 133 Å². The van der Waals surface area contributed by atoms with Crippen LogP contribution in [0.3, 0.4) is 0 Å². The van der Waals surface area contributed by atoms with Crippen molar-refractivity contribution in [2.75, 3.05) is 7.11 Å². The maximum atomic E-state index is 6.18. The zero-order valence-electron chi connectivity index (χ0n) is 10.9. The van der Waals surface area contributed by atoms with E-state index in [2.05, 4.69) is 5.32 Å². The molecule has 2 rings (SSSR count). The molecule has 2 nitrogen and oxygen atoms in total. The molecule has 0 radical (unpaired) electrons. The summed E-state index contributed by atoms with van der Waals surface area (Å²) in [6.07, 6.45) is 0. The van der Waals surface area contributed by atoms with Crippen molar-refractivity contribution in [3.05, 3.63) is 62.6 Å².